The first-order chi connectivity index (χ1) is 18.5. The molecular formula is C29H36N2O7. The summed E-state index contributed by atoms with van der Waals surface area (Å²) in [6, 6.07) is 11.3. The highest BCUT2D eigenvalue weighted by Gasteiger charge is 2.47. The van der Waals surface area contributed by atoms with E-state index >= 15 is 0 Å². The number of hydrogen-bond donors (Lipinski definition) is 1. The average Bonchev–Trinajstić information content (AvgIpc) is 3.21. The van der Waals surface area contributed by atoms with Gasteiger partial charge in [0.05, 0.1) is 45.7 Å². The molecule has 0 spiro atoms. The van der Waals surface area contributed by atoms with Crippen LogP contribution in [0.15, 0.2) is 48.0 Å². The zero-order valence-electron chi connectivity index (χ0n) is 22.3. The van der Waals surface area contributed by atoms with E-state index in [1.165, 1.54) is 12.0 Å². The van der Waals surface area contributed by atoms with E-state index < -0.39 is 17.7 Å². The lowest BCUT2D eigenvalue weighted by Gasteiger charge is -2.31. The molecule has 2 aromatic carbocycles. The Labute approximate surface area is 223 Å². The van der Waals surface area contributed by atoms with Crippen LogP contribution >= 0.6 is 0 Å². The van der Waals surface area contributed by atoms with Gasteiger partial charge >= 0.3 is 0 Å². The monoisotopic (exact) mass is 524 g/mol. The number of amides is 1. The Balaban J connectivity index is 1.72. The van der Waals surface area contributed by atoms with Crippen molar-refractivity contribution in [2.24, 2.45) is 0 Å². The summed E-state index contributed by atoms with van der Waals surface area (Å²) in [7, 11) is 3.08. The number of aliphatic hydroxyl groups excluding tert-OH is 1. The first-order valence-corrected chi connectivity index (χ1v) is 13.0. The fraction of sp³-hybridized carbons (Fsp3) is 0.448. The van der Waals surface area contributed by atoms with E-state index in [0.717, 1.165) is 25.9 Å². The van der Waals surface area contributed by atoms with E-state index in [0.29, 0.717) is 61.3 Å². The molecule has 1 N–H and O–H groups in total. The van der Waals surface area contributed by atoms with Crippen LogP contribution in [-0.2, 0) is 14.3 Å². The minimum absolute atomic E-state index is 0.0279. The molecule has 38 heavy (non-hydrogen) atoms. The minimum Gasteiger partial charge on any atom is -0.507 e. The molecule has 2 heterocycles. The lowest BCUT2D eigenvalue weighted by molar-refractivity contribution is -0.140. The number of hydrogen-bond acceptors (Lipinski definition) is 8. The maximum atomic E-state index is 13.4. The van der Waals surface area contributed by atoms with Crippen molar-refractivity contribution in [1.29, 1.82) is 0 Å². The van der Waals surface area contributed by atoms with Gasteiger partial charge in [-0.15, -0.1) is 0 Å². The van der Waals surface area contributed by atoms with Crippen molar-refractivity contribution in [3.63, 3.8) is 0 Å². The molecule has 1 unspecified atom stereocenters. The molecule has 204 valence electrons. The summed E-state index contributed by atoms with van der Waals surface area (Å²) in [6.45, 7) is 6.36. The molecule has 2 aliphatic heterocycles. The Morgan fingerprint density at radius 1 is 1.00 bits per heavy atom. The topological polar surface area (TPSA) is 97.8 Å². The van der Waals surface area contributed by atoms with E-state index in [-0.39, 0.29) is 11.3 Å². The third kappa shape index (κ3) is 5.95. The Hall–Kier alpha value is -3.56. The van der Waals surface area contributed by atoms with Gasteiger partial charge in [0.25, 0.3) is 11.7 Å². The Bertz CT molecular complexity index is 1160. The maximum absolute atomic E-state index is 13.4. The molecule has 1 amide bonds. The van der Waals surface area contributed by atoms with Crippen LogP contribution < -0.4 is 14.2 Å². The third-order valence-corrected chi connectivity index (χ3v) is 6.93. The highest BCUT2D eigenvalue weighted by atomic mass is 16.5. The van der Waals surface area contributed by atoms with Crippen LogP contribution in [-0.4, -0.2) is 86.8 Å². The van der Waals surface area contributed by atoms with Gasteiger partial charge in [-0.25, -0.2) is 0 Å². The second-order valence-electron chi connectivity index (χ2n) is 9.28. The van der Waals surface area contributed by atoms with Crippen LogP contribution in [0.1, 0.15) is 36.9 Å². The largest absolute Gasteiger partial charge is 0.507 e. The second-order valence-corrected chi connectivity index (χ2v) is 9.28. The Kier molecular flexibility index (Phi) is 9.25. The number of unbranched alkanes of at least 4 members (excludes halogenated alkanes) is 1. The summed E-state index contributed by atoms with van der Waals surface area (Å²) in [5.74, 6) is 0.0973. The van der Waals surface area contributed by atoms with Gasteiger partial charge in [0.1, 0.15) is 23.0 Å². The lowest BCUT2D eigenvalue weighted by Crippen LogP contribution is -2.42. The smallest absolute Gasteiger partial charge is 0.295 e. The van der Waals surface area contributed by atoms with Crippen molar-refractivity contribution in [2.45, 2.75) is 25.8 Å². The molecule has 4 rings (SSSR count). The number of likely N-dealkylation sites (tertiary alicyclic amines) is 1. The van der Waals surface area contributed by atoms with E-state index in [4.69, 9.17) is 18.9 Å². The van der Waals surface area contributed by atoms with Gasteiger partial charge in [0, 0.05) is 43.4 Å². The Morgan fingerprint density at radius 3 is 2.37 bits per heavy atom. The first kappa shape index (κ1) is 27.5. The highest BCUT2D eigenvalue weighted by Crippen LogP contribution is 2.43. The lowest BCUT2D eigenvalue weighted by atomic mass is 9.94. The number of carbonyl (C=O) groups excluding carboxylic acids is 2. The van der Waals surface area contributed by atoms with Gasteiger partial charge in [-0.2, -0.15) is 0 Å². The van der Waals surface area contributed by atoms with Crippen LogP contribution in [0.5, 0.6) is 17.2 Å². The zero-order valence-corrected chi connectivity index (χ0v) is 22.3. The molecule has 9 nitrogen and oxygen atoms in total. The van der Waals surface area contributed by atoms with Crippen LogP contribution in [0.3, 0.4) is 0 Å². The van der Waals surface area contributed by atoms with E-state index in [9.17, 15) is 14.7 Å². The van der Waals surface area contributed by atoms with Gasteiger partial charge in [0.2, 0.25) is 0 Å². The summed E-state index contributed by atoms with van der Waals surface area (Å²) in [5, 5.41) is 11.4. The number of nitrogens with zero attached hydrogens (tertiary/aromatic N) is 2. The molecule has 0 aliphatic carbocycles. The molecule has 0 saturated carbocycles. The molecule has 9 heteroatoms. The minimum atomic E-state index is -0.822. The van der Waals surface area contributed by atoms with Crippen molar-refractivity contribution >= 4 is 17.4 Å². The summed E-state index contributed by atoms with van der Waals surface area (Å²) < 4.78 is 22.1. The van der Waals surface area contributed by atoms with Gasteiger partial charge < -0.3 is 29.0 Å². The number of ether oxygens (including phenoxy) is 4. The number of rotatable bonds is 11. The van der Waals surface area contributed by atoms with Crippen molar-refractivity contribution in [2.75, 3.05) is 60.2 Å². The summed E-state index contributed by atoms with van der Waals surface area (Å²) in [5.41, 5.74) is 1.05. The van der Waals surface area contributed by atoms with Gasteiger partial charge in [0.15, 0.2) is 0 Å². The van der Waals surface area contributed by atoms with Crippen molar-refractivity contribution in [3.05, 3.63) is 59.2 Å². The average molecular weight is 525 g/mol. The number of Topliss-reactive ketones (excluding diaryl/α,β-unsaturated/α-hetero) is 1. The maximum Gasteiger partial charge on any atom is 0.295 e. The SMILES string of the molecule is CCCCOc1ccc(/C(O)=C2\C(=O)C(=O)N(CCN3CCOCC3)C2c2ccc(OC)cc2OC)cc1. The first-order valence-electron chi connectivity index (χ1n) is 13.0. The molecule has 2 fully saturated rings. The second kappa shape index (κ2) is 12.8. The van der Waals surface area contributed by atoms with Crippen molar-refractivity contribution in [3.8, 4) is 17.2 Å². The normalized spacial score (nSPS) is 19.6. The number of carbonyl (C=O) groups is 2. The molecule has 2 aromatic rings. The summed E-state index contributed by atoms with van der Waals surface area (Å²) >= 11 is 0. The van der Waals surface area contributed by atoms with Crippen LogP contribution in [0.2, 0.25) is 0 Å². The predicted molar refractivity (Wildman–Crippen MR) is 143 cm³/mol. The number of aliphatic hydroxyl groups is 1. The summed E-state index contributed by atoms with van der Waals surface area (Å²) in [4.78, 5) is 30.5. The zero-order chi connectivity index (χ0) is 27.1. The third-order valence-electron chi connectivity index (χ3n) is 6.93. The number of benzene rings is 2. The highest BCUT2D eigenvalue weighted by molar-refractivity contribution is 6.46. The fourth-order valence-corrected chi connectivity index (χ4v) is 4.75. The number of ketones is 1. The van der Waals surface area contributed by atoms with E-state index in [1.54, 1.807) is 49.6 Å². The van der Waals surface area contributed by atoms with Gasteiger partial charge in [-0.05, 0) is 42.8 Å². The standard InChI is InChI=1S/C29H36N2O7/c1-4-5-16-38-21-8-6-20(7-9-21)27(32)25-26(23-11-10-22(35-2)19-24(23)36-3)31(29(34)28(25)33)13-12-30-14-17-37-18-15-30/h6-11,19,26,32H,4-5,12-18H2,1-3H3/b27-25+. The number of morpholine rings is 1. The Morgan fingerprint density at radius 2 is 1.71 bits per heavy atom. The van der Waals surface area contributed by atoms with E-state index in [1.807, 2.05) is 0 Å². The van der Waals surface area contributed by atoms with Crippen molar-refractivity contribution in [1.82, 2.24) is 9.80 Å². The molecule has 2 aliphatic rings. The van der Waals surface area contributed by atoms with Crippen molar-refractivity contribution < 1.29 is 33.6 Å². The predicted octanol–water partition coefficient (Wildman–Crippen LogP) is 3.64. The molecule has 2 saturated heterocycles. The van der Waals surface area contributed by atoms with Crippen LogP contribution in [0.4, 0.5) is 0 Å². The summed E-state index contributed by atoms with van der Waals surface area (Å²) in [6.07, 6.45) is 1.97. The van der Waals surface area contributed by atoms with Gasteiger partial charge in [-0.1, -0.05) is 13.3 Å². The quantitative estimate of drug-likeness (QED) is 0.206. The van der Waals surface area contributed by atoms with Crippen LogP contribution in [0, 0.1) is 0 Å². The van der Waals surface area contributed by atoms with E-state index in [2.05, 4.69) is 11.8 Å². The molecule has 1 atom stereocenters. The van der Waals surface area contributed by atoms with Crippen LogP contribution in [0.25, 0.3) is 5.76 Å². The molecule has 0 aromatic heterocycles. The molecule has 0 bridgehead atoms. The fourth-order valence-electron chi connectivity index (χ4n) is 4.75. The number of methoxy groups -OCH3 is 2. The van der Waals surface area contributed by atoms with Gasteiger partial charge in [-0.3, -0.25) is 14.5 Å². The molecular weight excluding hydrogens is 488 g/mol. The molecule has 0 radical (unpaired) electrons.